The van der Waals surface area contributed by atoms with E-state index in [-0.39, 0.29) is 16.6 Å². The maximum absolute atomic E-state index is 11.6. The minimum Gasteiger partial charge on any atom is -0.288 e. The smallest absolute Gasteiger partial charge is 0.288 e. The zero-order valence-corrected chi connectivity index (χ0v) is 9.63. The van der Waals surface area contributed by atoms with Gasteiger partial charge in [0, 0.05) is 17.0 Å². The zero-order chi connectivity index (χ0) is 11.0. The third kappa shape index (κ3) is 2.02. The lowest BCUT2D eigenvalue weighted by atomic mass is 10.2. The number of thioether (sulfide) groups is 1. The third-order valence-corrected chi connectivity index (χ3v) is 4.14. The van der Waals surface area contributed by atoms with Gasteiger partial charge in [-0.15, -0.1) is 11.8 Å². The topological polar surface area (TPSA) is 54.9 Å². The molecule has 1 N–H and O–H groups in total. The van der Waals surface area contributed by atoms with Crippen molar-refractivity contribution >= 4 is 11.8 Å². The number of hydrogen-bond donors (Lipinski definition) is 1. The Labute approximate surface area is 91.7 Å². The van der Waals surface area contributed by atoms with Crippen molar-refractivity contribution in [3.05, 3.63) is 32.6 Å². The molecular weight excluding hydrogens is 212 g/mol. The van der Waals surface area contributed by atoms with Crippen LogP contribution in [0.4, 0.5) is 0 Å². The second-order valence-corrected chi connectivity index (χ2v) is 5.58. The molecule has 1 fully saturated rings. The van der Waals surface area contributed by atoms with Crippen LogP contribution < -0.4 is 11.2 Å². The quantitative estimate of drug-likeness (QED) is 0.784. The van der Waals surface area contributed by atoms with Crippen molar-refractivity contribution in [3.8, 4) is 0 Å². The largest absolute Gasteiger partial charge is 0.329 e. The average Bonchev–Trinajstić information content (AvgIpc) is 2.58. The van der Waals surface area contributed by atoms with Gasteiger partial charge in [0.05, 0.1) is 5.37 Å². The molecule has 82 valence electrons. The van der Waals surface area contributed by atoms with Gasteiger partial charge in [0.15, 0.2) is 0 Å². The Morgan fingerprint density at radius 1 is 1.47 bits per heavy atom. The van der Waals surface area contributed by atoms with E-state index in [4.69, 9.17) is 0 Å². The lowest BCUT2D eigenvalue weighted by Gasteiger charge is -2.12. The van der Waals surface area contributed by atoms with E-state index in [0.717, 1.165) is 12.8 Å². The van der Waals surface area contributed by atoms with Crippen molar-refractivity contribution in [3.63, 3.8) is 0 Å². The molecule has 5 heteroatoms. The van der Waals surface area contributed by atoms with Crippen LogP contribution in [0.15, 0.2) is 15.8 Å². The van der Waals surface area contributed by atoms with E-state index in [2.05, 4.69) is 11.9 Å². The number of aromatic amines is 1. The fourth-order valence-corrected chi connectivity index (χ4v) is 3.15. The van der Waals surface area contributed by atoms with E-state index in [0.29, 0.717) is 10.8 Å². The molecule has 2 atom stereocenters. The molecule has 0 aromatic carbocycles. The zero-order valence-electron chi connectivity index (χ0n) is 8.82. The van der Waals surface area contributed by atoms with Crippen molar-refractivity contribution in [2.24, 2.45) is 0 Å². The molecule has 0 radical (unpaired) electrons. The summed E-state index contributed by atoms with van der Waals surface area (Å²) in [6.45, 7) is 3.88. The maximum Gasteiger partial charge on any atom is 0.329 e. The molecule has 1 aliphatic heterocycles. The molecule has 1 aliphatic rings. The number of hydrogen-bond acceptors (Lipinski definition) is 3. The molecule has 1 aromatic heterocycles. The first-order valence-corrected chi connectivity index (χ1v) is 5.99. The molecule has 1 aromatic rings. The summed E-state index contributed by atoms with van der Waals surface area (Å²) in [5, 5.41) is 0.775. The molecule has 0 bridgehead atoms. The van der Waals surface area contributed by atoms with E-state index < -0.39 is 0 Å². The van der Waals surface area contributed by atoms with Gasteiger partial charge in [-0.25, -0.2) is 4.79 Å². The average molecular weight is 226 g/mol. The van der Waals surface area contributed by atoms with Crippen molar-refractivity contribution in [1.29, 1.82) is 0 Å². The highest BCUT2D eigenvalue weighted by Gasteiger charge is 2.24. The first kappa shape index (κ1) is 10.5. The SMILES string of the molecule is Cc1cn([C@H]2CC[C@@H](C)S2)c(=O)[nH]c1=O. The fraction of sp³-hybridized carbons (Fsp3) is 0.600. The van der Waals surface area contributed by atoms with Gasteiger partial charge < -0.3 is 0 Å². The van der Waals surface area contributed by atoms with E-state index in [1.54, 1.807) is 29.4 Å². The Morgan fingerprint density at radius 3 is 2.80 bits per heavy atom. The van der Waals surface area contributed by atoms with Gasteiger partial charge in [-0.3, -0.25) is 14.3 Å². The van der Waals surface area contributed by atoms with Gasteiger partial charge in [-0.1, -0.05) is 6.92 Å². The standard InChI is InChI=1S/C10H14N2O2S/c1-6-5-12(10(14)11-9(6)13)8-4-3-7(2)15-8/h5,7-8H,3-4H2,1-2H3,(H,11,13,14)/t7-,8-/m1/s1. The first-order chi connectivity index (χ1) is 7.08. The molecule has 4 nitrogen and oxygen atoms in total. The maximum atomic E-state index is 11.6. The number of aryl methyl sites for hydroxylation is 1. The van der Waals surface area contributed by atoms with Crippen molar-refractivity contribution in [1.82, 2.24) is 9.55 Å². The predicted octanol–water partition coefficient (Wildman–Crippen LogP) is 1.26. The van der Waals surface area contributed by atoms with Crippen molar-refractivity contribution in [2.75, 3.05) is 0 Å². The summed E-state index contributed by atoms with van der Waals surface area (Å²) in [5.74, 6) is 0. The van der Waals surface area contributed by atoms with Crippen LogP contribution in [-0.2, 0) is 0 Å². The first-order valence-electron chi connectivity index (χ1n) is 5.05. The lowest BCUT2D eigenvalue weighted by Crippen LogP contribution is -2.31. The second kappa shape index (κ2) is 3.89. The van der Waals surface area contributed by atoms with E-state index in [1.807, 2.05) is 0 Å². The van der Waals surface area contributed by atoms with Crippen LogP contribution in [0.25, 0.3) is 0 Å². The second-order valence-electron chi connectivity index (χ2n) is 3.96. The summed E-state index contributed by atoms with van der Waals surface area (Å²) in [4.78, 5) is 25.1. The highest BCUT2D eigenvalue weighted by atomic mass is 32.2. The Hall–Kier alpha value is -0.970. The summed E-state index contributed by atoms with van der Waals surface area (Å²) < 4.78 is 1.64. The fourth-order valence-electron chi connectivity index (χ4n) is 1.79. The molecule has 0 unspecified atom stereocenters. The summed E-state index contributed by atoms with van der Waals surface area (Å²) in [5.41, 5.74) is 0.0132. The van der Waals surface area contributed by atoms with Gasteiger partial charge in [0.25, 0.3) is 5.56 Å². The van der Waals surface area contributed by atoms with Gasteiger partial charge in [0.2, 0.25) is 0 Å². The molecule has 15 heavy (non-hydrogen) atoms. The predicted molar refractivity (Wildman–Crippen MR) is 61.4 cm³/mol. The third-order valence-electron chi connectivity index (χ3n) is 2.67. The van der Waals surface area contributed by atoms with Crippen LogP contribution in [0, 0.1) is 6.92 Å². The number of H-pyrrole nitrogens is 1. The highest BCUT2D eigenvalue weighted by molar-refractivity contribution is 8.00. The molecule has 0 spiro atoms. The summed E-state index contributed by atoms with van der Waals surface area (Å²) in [6, 6.07) is 0. The Kier molecular flexibility index (Phi) is 2.73. The lowest BCUT2D eigenvalue weighted by molar-refractivity contribution is 0.593. The molecular formula is C10H14N2O2S. The molecule has 1 saturated heterocycles. The van der Waals surface area contributed by atoms with E-state index in [9.17, 15) is 9.59 Å². The van der Waals surface area contributed by atoms with Crippen molar-refractivity contribution in [2.45, 2.75) is 37.3 Å². The summed E-state index contributed by atoms with van der Waals surface area (Å²) in [7, 11) is 0. The molecule has 0 aliphatic carbocycles. The van der Waals surface area contributed by atoms with Crippen LogP contribution in [0.2, 0.25) is 0 Å². The van der Waals surface area contributed by atoms with Gasteiger partial charge >= 0.3 is 5.69 Å². The Balaban J connectivity index is 2.41. The number of nitrogens with one attached hydrogen (secondary N) is 1. The summed E-state index contributed by atoms with van der Waals surface area (Å²) in [6.07, 6.45) is 3.79. The van der Waals surface area contributed by atoms with Crippen LogP contribution in [0.1, 0.15) is 30.7 Å². The normalized spacial score (nSPS) is 25.7. The monoisotopic (exact) mass is 226 g/mol. The van der Waals surface area contributed by atoms with Crippen LogP contribution in [0.5, 0.6) is 0 Å². The van der Waals surface area contributed by atoms with E-state index in [1.165, 1.54) is 0 Å². The van der Waals surface area contributed by atoms with Crippen LogP contribution in [-0.4, -0.2) is 14.8 Å². The Morgan fingerprint density at radius 2 is 2.20 bits per heavy atom. The highest BCUT2D eigenvalue weighted by Crippen LogP contribution is 2.39. The van der Waals surface area contributed by atoms with Gasteiger partial charge in [-0.05, 0) is 19.8 Å². The van der Waals surface area contributed by atoms with Gasteiger partial charge in [0.1, 0.15) is 0 Å². The number of rotatable bonds is 1. The van der Waals surface area contributed by atoms with Crippen LogP contribution in [0.3, 0.4) is 0 Å². The van der Waals surface area contributed by atoms with E-state index >= 15 is 0 Å². The molecule has 2 heterocycles. The minimum atomic E-state index is -0.294. The minimum absolute atomic E-state index is 0.183. The molecule has 2 rings (SSSR count). The summed E-state index contributed by atoms with van der Waals surface area (Å²) >= 11 is 1.79. The van der Waals surface area contributed by atoms with Gasteiger partial charge in [-0.2, -0.15) is 0 Å². The number of nitrogens with zero attached hydrogens (tertiary/aromatic N) is 1. The molecule has 0 saturated carbocycles. The van der Waals surface area contributed by atoms with Crippen molar-refractivity contribution < 1.29 is 0 Å². The Bertz CT molecular complexity index is 477. The van der Waals surface area contributed by atoms with Crippen LogP contribution >= 0.6 is 11.8 Å². The molecule has 0 amide bonds. The number of aromatic nitrogens is 2.